The van der Waals surface area contributed by atoms with Crippen molar-refractivity contribution in [1.82, 2.24) is 9.80 Å². The molecule has 4 aliphatic heterocycles. The molecule has 5 N–H and O–H groups in total. The summed E-state index contributed by atoms with van der Waals surface area (Å²) in [4.78, 5) is 27.7. The summed E-state index contributed by atoms with van der Waals surface area (Å²) in [6.07, 6.45) is 0.871. The first-order chi connectivity index (χ1) is 21.3. The molecule has 4 heterocycles. The third-order valence-electron chi connectivity index (χ3n) is 9.00. The Balaban J connectivity index is 0.000000178. The number of hydrogen-bond donors (Lipinski definition) is 5. The number of carboxylic acid groups (broad SMARTS) is 2. The number of rotatable bonds is 8. The predicted octanol–water partition coefficient (Wildman–Crippen LogP) is 1.99. The molecular formula is C30H41B2N2O11-. The number of ether oxygens (including phenoxy) is 2. The van der Waals surface area contributed by atoms with Crippen LogP contribution in [-0.2, 0) is 12.8 Å². The van der Waals surface area contributed by atoms with Crippen molar-refractivity contribution >= 4 is 25.8 Å². The van der Waals surface area contributed by atoms with Crippen LogP contribution in [0.1, 0.15) is 59.5 Å². The summed E-state index contributed by atoms with van der Waals surface area (Å²) in [5, 5.41) is 48.8. The normalized spacial score (nSPS) is 22.7. The fourth-order valence-electron chi connectivity index (χ4n) is 5.95. The van der Waals surface area contributed by atoms with Crippen LogP contribution in [-0.4, -0.2) is 112 Å². The van der Waals surface area contributed by atoms with Crippen molar-refractivity contribution in [1.29, 1.82) is 0 Å². The van der Waals surface area contributed by atoms with E-state index in [1.54, 1.807) is 25.1 Å². The van der Waals surface area contributed by atoms with Gasteiger partial charge in [0.15, 0.2) is 0 Å². The quantitative estimate of drug-likeness (QED) is 0.269. The number of nitrogens with zero attached hydrogens (tertiary/aromatic N) is 2. The lowest BCUT2D eigenvalue weighted by Crippen LogP contribution is -2.53. The summed E-state index contributed by atoms with van der Waals surface area (Å²) < 4.78 is 22.3. The summed E-state index contributed by atoms with van der Waals surface area (Å²) in [5.74, 6) is -2.10. The molecule has 6 rings (SSSR count). The van der Waals surface area contributed by atoms with E-state index in [1.165, 1.54) is 0 Å². The zero-order chi connectivity index (χ0) is 32.6. The molecule has 0 aromatic heterocycles. The minimum absolute atomic E-state index is 0.00328. The number of carboxylic acids is 2. The highest BCUT2D eigenvalue weighted by molar-refractivity contribution is 6.60. The van der Waals surface area contributed by atoms with Gasteiger partial charge in [0.1, 0.15) is 40.6 Å². The van der Waals surface area contributed by atoms with Gasteiger partial charge in [0.05, 0.1) is 5.75 Å². The van der Waals surface area contributed by atoms with Crippen LogP contribution in [0.2, 0.25) is 11.6 Å². The zero-order valence-electron chi connectivity index (χ0n) is 26.0. The standard InChI is InChI=1S/C15H21BNO6.C15H20BNO5/c1-3-17-7-11(8-17)22-12-5-4-10-6-9(2)16(20,21)23-14(10)13(12)15(18)19;1-3-17-7-11(8-17)21-12-5-4-10-6-9(2)16(20)22-14(10)13(12)15(18)19/h4-5,9,11,20-21H,3,6-8H2,1-2H3,(H,18,19);4-5,9,11,20H,3,6-8H2,1-2H3,(H,18,19)/q-1;. The minimum Gasteiger partial charge on any atom is -0.669 e. The van der Waals surface area contributed by atoms with Crippen LogP contribution in [0.5, 0.6) is 23.0 Å². The second-order valence-corrected chi connectivity index (χ2v) is 12.4. The Morgan fingerprint density at radius 3 is 1.78 bits per heavy atom. The van der Waals surface area contributed by atoms with Gasteiger partial charge in [-0.05, 0) is 49.2 Å². The Labute approximate surface area is 262 Å². The molecule has 2 atom stereocenters. The largest absolute Gasteiger partial charge is 0.669 e. The molecule has 2 saturated heterocycles. The highest BCUT2D eigenvalue weighted by atomic mass is 16.6. The van der Waals surface area contributed by atoms with E-state index in [-0.39, 0.29) is 46.4 Å². The second kappa shape index (κ2) is 13.1. The Morgan fingerprint density at radius 1 is 0.844 bits per heavy atom. The fourth-order valence-corrected chi connectivity index (χ4v) is 5.95. The Hall–Kier alpha value is -3.49. The Morgan fingerprint density at radius 2 is 1.31 bits per heavy atom. The smallest absolute Gasteiger partial charge is 0.525 e. The van der Waals surface area contributed by atoms with Crippen LogP contribution in [0.15, 0.2) is 24.3 Å². The first kappa shape index (κ1) is 32.9. The zero-order valence-corrected chi connectivity index (χ0v) is 26.0. The summed E-state index contributed by atoms with van der Waals surface area (Å²) in [7, 11) is -0.986. The first-order valence-corrected chi connectivity index (χ1v) is 15.5. The summed E-state index contributed by atoms with van der Waals surface area (Å²) in [6, 6.07) is 6.89. The van der Waals surface area contributed by atoms with Gasteiger partial charge in [-0.1, -0.05) is 45.6 Å². The summed E-state index contributed by atoms with van der Waals surface area (Å²) in [6.45, 7) is 9.56. The molecular weight excluding hydrogens is 586 g/mol. The topological polar surface area (TPSA) is 179 Å². The molecule has 244 valence electrons. The maximum Gasteiger partial charge on any atom is 0.525 e. The molecule has 2 aromatic carbocycles. The fraction of sp³-hybridized carbons (Fsp3) is 0.533. The Bertz CT molecular complexity index is 1430. The summed E-state index contributed by atoms with van der Waals surface area (Å²) >= 11 is 0. The lowest BCUT2D eigenvalue weighted by Gasteiger charge is -2.43. The second-order valence-electron chi connectivity index (χ2n) is 12.4. The molecule has 13 nitrogen and oxygen atoms in total. The van der Waals surface area contributed by atoms with Gasteiger partial charge >= 0.3 is 25.8 Å². The van der Waals surface area contributed by atoms with Gasteiger partial charge in [-0.25, -0.2) is 9.59 Å². The number of carbonyl (C=O) groups is 2. The molecule has 2 aromatic rings. The molecule has 0 amide bonds. The van der Waals surface area contributed by atoms with Gasteiger partial charge in [-0.2, -0.15) is 0 Å². The molecule has 0 aliphatic carbocycles. The third kappa shape index (κ3) is 6.87. The molecule has 0 radical (unpaired) electrons. The van der Waals surface area contributed by atoms with Gasteiger partial charge in [0.25, 0.3) is 0 Å². The van der Waals surface area contributed by atoms with Crippen LogP contribution >= 0.6 is 0 Å². The number of aromatic carboxylic acids is 2. The minimum atomic E-state index is -3.08. The van der Waals surface area contributed by atoms with Gasteiger partial charge in [0, 0.05) is 32.0 Å². The van der Waals surface area contributed by atoms with Gasteiger partial charge in [0.2, 0.25) is 0 Å². The van der Waals surface area contributed by atoms with Gasteiger partial charge in [-0.3, -0.25) is 9.80 Å². The predicted molar refractivity (Wildman–Crippen MR) is 166 cm³/mol. The first-order valence-electron chi connectivity index (χ1n) is 15.5. The van der Waals surface area contributed by atoms with E-state index in [9.17, 15) is 34.9 Å². The van der Waals surface area contributed by atoms with E-state index < -0.39 is 31.6 Å². The van der Waals surface area contributed by atoms with Crippen molar-refractivity contribution in [2.45, 2.75) is 64.4 Å². The van der Waals surface area contributed by atoms with E-state index in [1.807, 2.05) is 13.0 Å². The van der Waals surface area contributed by atoms with E-state index >= 15 is 0 Å². The van der Waals surface area contributed by atoms with E-state index in [0.717, 1.165) is 44.8 Å². The van der Waals surface area contributed by atoms with Crippen LogP contribution in [0.3, 0.4) is 0 Å². The number of benzene rings is 2. The van der Waals surface area contributed by atoms with Crippen molar-refractivity contribution in [2.24, 2.45) is 0 Å². The van der Waals surface area contributed by atoms with Gasteiger partial charge in [-0.15, -0.1) is 0 Å². The molecule has 45 heavy (non-hydrogen) atoms. The molecule has 0 bridgehead atoms. The van der Waals surface area contributed by atoms with Crippen molar-refractivity contribution in [2.75, 3.05) is 39.3 Å². The van der Waals surface area contributed by atoms with Crippen molar-refractivity contribution < 1.29 is 53.7 Å². The molecule has 2 unspecified atom stereocenters. The molecule has 2 fully saturated rings. The maximum atomic E-state index is 11.7. The monoisotopic (exact) mass is 627 g/mol. The van der Waals surface area contributed by atoms with Crippen molar-refractivity contribution in [3.8, 4) is 23.0 Å². The van der Waals surface area contributed by atoms with Crippen LogP contribution < -0.4 is 18.8 Å². The highest BCUT2D eigenvalue weighted by Gasteiger charge is 2.39. The number of fused-ring (bicyclic) bond motifs is 2. The lowest BCUT2D eigenvalue weighted by atomic mass is 9.60. The van der Waals surface area contributed by atoms with Crippen LogP contribution in [0.25, 0.3) is 0 Å². The molecule has 0 spiro atoms. The number of likely N-dealkylation sites (tertiary alicyclic amines) is 2. The lowest BCUT2D eigenvalue weighted by molar-refractivity contribution is 0.0222. The summed E-state index contributed by atoms with van der Waals surface area (Å²) in [5.41, 5.74) is 1.31. The molecule has 0 saturated carbocycles. The van der Waals surface area contributed by atoms with E-state index in [4.69, 9.17) is 18.8 Å². The van der Waals surface area contributed by atoms with Gasteiger partial charge < -0.3 is 44.1 Å². The number of likely N-dealkylation sites (N-methyl/N-ethyl adjacent to an activating group) is 2. The average Bonchev–Trinajstić information content (AvgIpc) is 2.93. The van der Waals surface area contributed by atoms with E-state index in [2.05, 4.69) is 23.6 Å². The van der Waals surface area contributed by atoms with Crippen LogP contribution in [0.4, 0.5) is 0 Å². The maximum absolute atomic E-state index is 11.7. The SMILES string of the molecule is CCN1CC(Oc2ccc3c(c2C(=O)O)OB(O)C(C)C3)C1.CCN1CC(Oc2ccc3c(c2C(=O)O)O[B-](O)(O)C(C)C3)C1. The number of hydrogen-bond acceptors (Lipinski definition) is 11. The third-order valence-corrected chi connectivity index (χ3v) is 9.00. The molecule has 4 aliphatic rings. The van der Waals surface area contributed by atoms with Crippen LogP contribution in [0, 0.1) is 0 Å². The van der Waals surface area contributed by atoms with E-state index in [0.29, 0.717) is 24.2 Å². The van der Waals surface area contributed by atoms with Crippen molar-refractivity contribution in [3.05, 3.63) is 46.5 Å². The molecule has 15 heteroatoms. The van der Waals surface area contributed by atoms with Crippen molar-refractivity contribution in [3.63, 3.8) is 0 Å². The Kier molecular flexibility index (Phi) is 9.57. The average molecular weight is 627 g/mol. The highest BCUT2D eigenvalue weighted by Crippen LogP contribution is 2.42.